The van der Waals surface area contributed by atoms with Crippen molar-refractivity contribution < 1.29 is 22.8 Å². The highest BCUT2D eigenvalue weighted by Crippen LogP contribution is 2.32. The molecule has 0 bridgehead atoms. The Balaban J connectivity index is 1.20. The molecule has 5 rings (SSSR count). The van der Waals surface area contributed by atoms with Crippen molar-refractivity contribution in [1.82, 2.24) is 19.4 Å². The molecule has 43 heavy (non-hydrogen) atoms. The number of hydrogen-bond acceptors (Lipinski definition) is 5. The highest BCUT2D eigenvalue weighted by atomic mass is 32.1. The quantitative estimate of drug-likeness (QED) is 0.222. The summed E-state index contributed by atoms with van der Waals surface area (Å²) >= 11 is 1.41. The van der Waals surface area contributed by atoms with Gasteiger partial charge in [-0.2, -0.15) is 13.2 Å². The topological polar surface area (TPSA) is 61.7 Å². The molecule has 11 heteroatoms. The molecule has 1 aliphatic heterocycles. The van der Waals surface area contributed by atoms with Gasteiger partial charge in [-0.3, -0.25) is 9.59 Å². The highest BCUT2D eigenvalue weighted by Gasteiger charge is 2.31. The van der Waals surface area contributed by atoms with Gasteiger partial charge in [0, 0.05) is 61.2 Å². The Morgan fingerprint density at radius 2 is 1.77 bits per heavy atom. The number of aromatic nitrogens is 2. The third-order valence-electron chi connectivity index (χ3n) is 7.61. The molecule has 1 aliphatic rings. The molecule has 7 nitrogen and oxygen atoms in total. The number of carbonyl (C=O) groups excluding carboxylic acids is 2. The van der Waals surface area contributed by atoms with E-state index in [0.717, 1.165) is 34.8 Å². The largest absolute Gasteiger partial charge is 0.416 e. The number of thiazole rings is 1. The molecule has 4 aromatic rings. The van der Waals surface area contributed by atoms with E-state index in [1.54, 1.807) is 16.3 Å². The van der Waals surface area contributed by atoms with E-state index in [1.165, 1.54) is 17.4 Å². The molecule has 2 aromatic heterocycles. The molecule has 3 heterocycles. The summed E-state index contributed by atoms with van der Waals surface area (Å²) in [6.45, 7) is 7.23. The van der Waals surface area contributed by atoms with E-state index in [-0.39, 0.29) is 11.8 Å². The summed E-state index contributed by atoms with van der Waals surface area (Å²) in [7, 11) is 0. The number of piperazine rings is 1. The Morgan fingerprint density at radius 1 is 1.00 bits per heavy atom. The monoisotopic (exact) mass is 609 g/mol. The minimum atomic E-state index is -4.40. The number of carbonyl (C=O) groups is 2. The Morgan fingerprint density at radius 3 is 2.49 bits per heavy atom. The lowest BCUT2D eigenvalue weighted by atomic mass is 10.1. The first-order valence-electron chi connectivity index (χ1n) is 14.3. The average molecular weight is 610 g/mol. The smallest absolute Gasteiger partial charge is 0.368 e. The molecule has 2 aromatic carbocycles. The lowest BCUT2D eigenvalue weighted by Crippen LogP contribution is -2.49. The number of rotatable bonds is 9. The van der Waals surface area contributed by atoms with Crippen molar-refractivity contribution >= 4 is 28.8 Å². The van der Waals surface area contributed by atoms with Crippen LogP contribution in [0.5, 0.6) is 0 Å². The summed E-state index contributed by atoms with van der Waals surface area (Å²) in [5.74, 6) is -0.181. The van der Waals surface area contributed by atoms with Crippen LogP contribution in [-0.2, 0) is 19.3 Å². The van der Waals surface area contributed by atoms with Crippen LogP contribution in [0.15, 0.2) is 72.2 Å². The van der Waals surface area contributed by atoms with Crippen LogP contribution in [0.3, 0.4) is 0 Å². The molecule has 0 spiro atoms. The van der Waals surface area contributed by atoms with Crippen molar-refractivity contribution in [3.8, 4) is 0 Å². The van der Waals surface area contributed by atoms with E-state index in [4.69, 9.17) is 0 Å². The van der Waals surface area contributed by atoms with Crippen molar-refractivity contribution in [3.05, 3.63) is 105 Å². The number of nitrogens with zero attached hydrogens (tertiary/aromatic N) is 5. The number of anilines is 1. The summed E-state index contributed by atoms with van der Waals surface area (Å²) in [4.78, 5) is 36.6. The van der Waals surface area contributed by atoms with Crippen LogP contribution < -0.4 is 4.90 Å². The Kier molecular flexibility index (Phi) is 9.19. The third kappa shape index (κ3) is 7.10. The molecule has 0 radical (unpaired) electrons. The van der Waals surface area contributed by atoms with Gasteiger partial charge in [-0.05, 0) is 55.3 Å². The fourth-order valence-corrected chi connectivity index (χ4v) is 6.05. The van der Waals surface area contributed by atoms with Crippen LogP contribution in [0.4, 0.5) is 18.9 Å². The minimum absolute atomic E-state index is 0.00276. The predicted octanol–water partition coefficient (Wildman–Crippen LogP) is 6.33. The number of alkyl halides is 3. The molecule has 2 amide bonds. The molecule has 1 saturated heterocycles. The van der Waals surface area contributed by atoms with Crippen molar-refractivity contribution in [3.63, 3.8) is 0 Å². The molecule has 0 N–H and O–H groups in total. The summed E-state index contributed by atoms with van der Waals surface area (Å²) in [5, 5.41) is 2.53. The van der Waals surface area contributed by atoms with Crippen LogP contribution in [-0.4, -0.2) is 63.9 Å². The fourth-order valence-electron chi connectivity index (χ4n) is 5.28. The van der Waals surface area contributed by atoms with E-state index < -0.39 is 11.7 Å². The third-order valence-corrected chi connectivity index (χ3v) is 8.45. The number of hydrogen-bond donors (Lipinski definition) is 0. The van der Waals surface area contributed by atoms with Crippen molar-refractivity contribution in [1.29, 1.82) is 0 Å². The molecule has 0 unspecified atom stereocenters. The van der Waals surface area contributed by atoms with Gasteiger partial charge in [-0.15, -0.1) is 11.3 Å². The van der Waals surface area contributed by atoms with Gasteiger partial charge in [0.05, 0.1) is 18.7 Å². The lowest BCUT2D eigenvalue weighted by molar-refractivity contribution is -0.137. The van der Waals surface area contributed by atoms with Crippen LogP contribution >= 0.6 is 11.3 Å². The zero-order valence-electron chi connectivity index (χ0n) is 24.2. The van der Waals surface area contributed by atoms with Crippen molar-refractivity contribution in [2.24, 2.45) is 0 Å². The molecule has 0 atom stereocenters. The average Bonchev–Trinajstić information content (AvgIpc) is 3.66. The summed E-state index contributed by atoms with van der Waals surface area (Å²) in [6, 6.07) is 16.8. The first kappa shape index (κ1) is 30.3. The maximum Gasteiger partial charge on any atom is 0.416 e. The van der Waals surface area contributed by atoms with Gasteiger partial charge in [0.25, 0.3) is 11.8 Å². The van der Waals surface area contributed by atoms with Gasteiger partial charge < -0.3 is 19.3 Å². The van der Waals surface area contributed by atoms with E-state index >= 15 is 0 Å². The first-order chi connectivity index (χ1) is 20.6. The molecule has 0 saturated carbocycles. The second-order valence-corrected chi connectivity index (χ2v) is 11.6. The Hall–Kier alpha value is -4.12. The lowest BCUT2D eigenvalue weighted by Gasteiger charge is -2.36. The maximum absolute atomic E-state index is 13.4. The summed E-state index contributed by atoms with van der Waals surface area (Å²) < 4.78 is 41.5. The fraction of sp³-hybridized carbons (Fsp3) is 0.344. The SMILES string of the molecule is CCCN(Cc1cccn1Cc1nc(C(=O)N2CCN(c3cccc(C(F)(F)F)c3)CC2)cs1)C(=O)c1ccccc1C. The van der Waals surface area contributed by atoms with Crippen LogP contribution in [0.25, 0.3) is 0 Å². The summed E-state index contributed by atoms with van der Waals surface area (Å²) in [6.07, 6.45) is -1.61. The van der Waals surface area contributed by atoms with Crippen molar-refractivity contribution in [2.45, 2.75) is 39.5 Å². The molecule has 1 fully saturated rings. The van der Waals surface area contributed by atoms with E-state index in [9.17, 15) is 22.8 Å². The zero-order chi connectivity index (χ0) is 30.6. The number of aryl methyl sites for hydroxylation is 1. The van der Waals surface area contributed by atoms with Gasteiger partial charge in [-0.25, -0.2) is 4.98 Å². The van der Waals surface area contributed by atoms with Gasteiger partial charge in [0.1, 0.15) is 10.7 Å². The second-order valence-electron chi connectivity index (χ2n) is 10.6. The van der Waals surface area contributed by atoms with E-state index in [2.05, 4.69) is 16.5 Å². The highest BCUT2D eigenvalue weighted by molar-refractivity contribution is 7.09. The first-order valence-corrected chi connectivity index (χ1v) is 15.2. The van der Waals surface area contributed by atoms with Crippen LogP contribution in [0.1, 0.15) is 56.0 Å². The standard InChI is InChI=1S/C32H34F3N5O2S/c1-3-13-40(30(41)27-12-5-4-8-23(27)2)20-26-11-7-14-39(26)21-29-36-28(22-43-29)31(42)38-17-15-37(16-18-38)25-10-6-9-24(19-25)32(33,34)35/h4-12,14,19,22H,3,13,15-18,20-21H2,1-2H3. The Labute approximate surface area is 253 Å². The van der Waals surface area contributed by atoms with Crippen LogP contribution in [0.2, 0.25) is 0 Å². The molecule has 0 aliphatic carbocycles. The molecular weight excluding hydrogens is 575 g/mol. The van der Waals surface area contributed by atoms with Crippen LogP contribution in [0, 0.1) is 6.92 Å². The number of benzene rings is 2. The van der Waals surface area contributed by atoms with E-state index in [1.807, 2.05) is 59.3 Å². The van der Waals surface area contributed by atoms with E-state index in [0.29, 0.717) is 62.8 Å². The number of amides is 2. The van der Waals surface area contributed by atoms with Crippen molar-refractivity contribution in [2.75, 3.05) is 37.6 Å². The maximum atomic E-state index is 13.4. The molecular formula is C32H34F3N5O2S. The zero-order valence-corrected chi connectivity index (χ0v) is 25.0. The minimum Gasteiger partial charge on any atom is -0.368 e. The molecule has 226 valence electrons. The van der Waals surface area contributed by atoms with Gasteiger partial charge >= 0.3 is 6.18 Å². The van der Waals surface area contributed by atoms with Gasteiger partial charge in [0.15, 0.2) is 0 Å². The Bertz CT molecular complexity index is 1570. The summed E-state index contributed by atoms with van der Waals surface area (Å²) in [5.41, 5.74) is 2.81. The van der Waals surface area contributed by atoms with Gasteiger partial charge in [-0.1, -0.05) is 31.2 Å². The second kappa shape index (κ2) is 13.0. The van der Waals surface area contributed by atoms with Gasteiger partial charge in [0.2, 0.25) is 0 Å². The predicted molar refractivity (Wildman–Crippen MR) is 161 cm³/mol. The number of halogens is 3. The normalized spacial score (nSPS) is 13.8.